The fourth-order valence-corrected chi connectivity index (χ4v) is 2.58. The summed E-state index contributed by atoms with van der Waals surface area (Å²) < 4.78 is 0. The minimum absolute atomic E-state index is 0.0335. The van der Waals surface area contributed by atoms with Crippen molar-refractivity contribution in [3.05, 3.63) is 21.4 Å². The summed E-state index contributed by atoms with van der Waals surface area (Å²) in [6, 6.07) is 1.90. The van der Waals surface area contributed by atoms with Gasteiger partial charge < -0.3 is 15.8 Å². The molecule has 0 fully saturated rings. The van der Waals surface area contributed by atoms with E-state index in [1.54, 1.807) is 11.9 Å². The molecule has 1 amide bonds. The Hall–Kier alpha value is -1.56. The highest BCUT2D eigenvalue weighted by Gasteiger charge is 2.18. The molecular weight excluding hydrogens is 250 g/mol. The summed E-state index contributed by atoms with van der Waals surface area (Å²) in [6.45, 7) is 6.21. The third-order valence-electron chi connectivity index (χ3n) is 2.89. The van der Waals surface area contributed by atoms with E-state index in [1.165, 1.54) is 11.3 Å². The molecule has 0 saturated carbocycles. The number of carbonyl (C=O) groups is 1. The van der Waals surface area contributed by atoms with Crippen molar-refractivity contribution in [3.8, 4) is 0 Å². The predicted octanol–water partition coefficient (Wildman–Crippen LogP) is 1.82. The lowest BCUT2D eigenvalue weighted by atomic mass is 10.1. The first-order chi connectivity index (χ1) is 8.36. The molecule has 1 aromatic rings. The summed E-state index contributed by atoms with van der Waals surface area (Å²) in [5, 5.41) is 11.5. The van der Waals surface area contributed by atoms with Crippen LogP contribution in [-0.4, -0.2) is 35.4 Å². The quantitative estimate of drug-likeness (QED) is 0.379. The fourth-order valence-electron chi connectivity index (χ4n) is 1.55. The van der Waals surface area contributed by atoms with Crippen LogP contribution >= 0.6 is 11.3 Å². The summed E-state index contributed by atoms with van der Waals surface area (Å²) in [7, 11) is 1.72. The number of hydrogen-bond donors (Lipinski definition) is 2. The molecule has 3 N–H and O–H groups in total. The molecule has 6 heteroatoms. The van der Waals surface area contributed by atoms with Crippen LogP contribution in [0, 0.1) is 19.8 Å². The van der Waals surface area contributed by atoms with Crippen molar-refractivity contribution in [2.45, 2.75) is 20.8 Å². The third kappa shape index (κ3) is 3.22. The first-order valence-electron chi connectivity index (χ1n) is 5.66. The Morgan fingerprint density at radius 1 is 1.61 bits per heavy atom. The molecule has 1 unspecified atom stereocenters. The molecule has 0 aliphatic heterocycles. The van der Waals surface area contributed by atoms with Gasteiger partial charge in [0.1, 0.15) is 5.84 Å². The monoisotopic (exact) mass is 269 g/mol. The second-order valence-electron chi connectivity index (χ2n) is 4.46. The van der Waals surface area contributed by atoms with E-state index in [-0.39, 0.29) is 17.7 Å². The van der Waals surface area contributed by atoms with Crippen molar-refractivity contribution >= 4 is 23.1 Å². The Morgan fingerprint density at radius 3 is 2.67 bits per heavy atom. The molecule has 1 atom stereocenters. The van der Waals surface area contributed by atoms with E-state index in [0.29, 0.717) is 6.54 Å². The fraction of sp³-hybridized carbons (Fsp3) is 0.500. The zero-order valence-corrected chi connectivity index (χ0v) is 11.9. The van der Waals surface area contributed by atoms with E-state index in [0.717, 1.165) is 15.3 Å². The Bertz CT molecular complexity index is 448. The Labute approximate surface area is 111 Å². The van der Waals surface area contributed by atoms with Gasteiger partial charge in [-0.05, 0) is 25.5 Å². The Morgan fingerprint density at radius 2 is 2.22 bits per heavy atom. The van der Waals surface area contributed by atoms with Crippen LogP contribution in [0.5, 0.6) is 0 Å². The van der Waals surface area contributed by atoms with Crippen molar-refractivity contribution in [3.63, 3.8) is 0 Å². The van der Waals surface area contributed by atoms with E-state index < -0.39 is 0 Å². The molecule has 0 radical (unpaired) electrons. The molecule has 1 heterocycles. The number of thiophene rings is 1. The third-order valence-corrected chi connectivity index (χ3v) is 4.03. The molecule has 1 aromatic heterocycles. The van der Waals surface area contributed by atoms with E-state index in [1.807, 2.05) is 26.8 Å². The predicted molar refractivity (Wildman–Crippen MR) is 73.3 cm³/mol. The summed E-state index contributed by atoms with van der Waals surface area (Å²) in [6.07, 6.45) is 0. The van der Waals surface area contributed by atoms with Gasteiger partial charge in [0.15, 0.2) is 0 Å². The summed E-state index contributed by atoms with van der Waals surface area (Å²) in [5.41, 5.74) is 6.62. The van der Waals surface area contributed by atoms with Gasteiger partial charge in [-0.3, -0.25) is 4.79 Å². The molecule has 0 bridgehead atoms. The number of nitrogens with two attached hydrogens (primary N) is 1. The summed E-state index contributed by atoms with van der Waals surface area (Å²) in [4.78, 5) is 15.6. The second-order valence-corrected chi connectivity index (χ2v) is 5.72. The highest BCUT2D eigenvalue weighted by molar-refractivity contribution is 7.14. The normalized spacial score (nSPS) is 13.4. The second kappa shape index (κ2) is 5.86. The number of carbonyl (C=O) groups excluding carboxylic acids is 1. The van der Waals surface area contributed by atoms with Gasteiger partial charge in [0.2, 0.25) is 0 Å². The molecule has 0 aliphatic rings. The maximum Gasteiger partial charge on any atom is 0.263 e. The number of aryl methyl sites for hydroxylation is 2. The average molecular weight is 269 g/mol. The molecule has 18 heavy (non-hydrogen) atoms. The summed E-state index contributed by atoms with van der Waals surface area (Å²) in [5.74, 6) is -0.0758. The Balaban J connectivity index is 2.73. The molecule has 0 aromatic carbocycles. The molecule has 100 valence electrons. The summed E-state index contributed by atoms with van der Waals surface area (Å²) >= 11 is 1.49. The minimum atomic E-state index is -0.175. The number of nitrogens with zero attached hydrogens (tertiary/aromatic N) is 2. The molecule has 0 saturated heterocycles. The lowest BCUT2D eigenvalue weighted by Crippen LogP contribution is -2.36. The smallest absolute Gasteiger partial charge is 0.263 e. The van der Waals surface area contributed by atoms with E-state index in [9.17, 15) is 4.79 Å². The van der Waals surface area contributed by atoms with Crippen molar-refractivity contribution in [1.82, 2.24) is 4.90 Å². The SMILES string of the molecule is Cc1cc(C(=O)N(C)CC(C)C(N)=NO)sc1C. The maximum absolute atomic E-state index is 12.1. The van der Waals surface area contributed by atoms with Crippen LogP contribution < -0.4 is 5.73 Å². The number of hydrogen-bond acceptors (Lipinski definition) is 4. The van der Waals surface area contributed by atoms with Gasteiger partial charge in [0.05, 0.1) is 4.88 Å². The van der Waals surface area contributed by atoms with Crippen LogP contribution in [0.1, 0.15) is 27.0 Å². The van der Waals surface area contributed by atoms with Gasteiger partial charge >= 0.3 is 0 Å². The van der Waals surface area contributed by atoms with Crippen LogP contribution in [-0.2, 0) is 0 Å². The molecule has 1 rings (SSSR count). The van der Waals surface area contributed by atoms with E-state index in [4.69, 9.17) is 10.9 Å². The van der Waals surface area contributed by atoms with Gasteiger partial charge in [0.25, 0.3) is 5.91 Å². The zero-order chi connectivity index (χ0) is 13.9. The number of oxime groups is 1. The minimum Gasteiger partial charge on any atom is -0.409 e. The lowest BCUT2D eigenvalue weighted by molar-refractivity contribution is 0.0790. The average Bonchev–Trinajstić information content (AvgIpc) is 2.67. The van der Waals surface area contributed by atoms with E-state index >= 15 is 0 Å². The Kier molecular flexibility index (Phi) is 4.72. The number of amidine groups is 1. The highest BCUT2D eigenvalue weighted by Crippen LogP contribution is 2.22. The van der Waals surface area contributed by atoms with Crippen molar-refractivity contribution < 1.29 is 10.0 Å². The molecular formula is C12H19N3O2S. The highest BCUT2D eigenvalue weighted by atomic mass is 32.1. The van der Waals surface area contributed by atoms with Gasteiger partial charge in [-0.15, -0.1) is 11.3 Å². The van der Waals surface area contributed by atoms with Crippen LogP contribution in [0.3, 0.4) is 0 Å². The maximum atomic E-state index is 12.1. The number of rotatable bonds is 4. The van der Waals surface area contributed by atoms with Crippen LogP contribution in [0.15, 0.2) is 11.2 Å². The molecule has 5 nitrogen and oxygen atoms in total. The largest absolute Gasteiger partial charge is 0.409 e. The van der Waals surface area contributed by atoms with Gasteiger partial charge in [-0.2, -0.15) is 0 Å². The molecule has 0 aliphatic carbocycles. The molecule has 0 spiro atoms. The van der Waals surface area contributed by atoms with Crippen LogP contribution in [0.25, 0.3) is 0 Å². The first-order valence-corrected chi connectivity index (χ1v) is 6.48. The zero-order valence-electron chi connectivity index (χ0n) is 11.1. The van der Waals surface area contributed by atoms with Gasteiger partial charge in [0, 0.05) is 24.4 Å². The lowest BCUT2D eigenvalue weighted by Gasteiger charge is -2.20. The van der Waals surface area contributed by atoms with Crippen LogP contribution in [0.4, 0.5) is 0 Å². The van der Waals surface area contributed by atoms with Gasteiger partial charge in [-0.1, -0.05) is 12.1 Å². The van der Waals surface area contributed by atoms with Crippen molar-refractivity contribution in [1.29, 1.82) is 0 Å². The van der Waals surface area contributed by atoms with E-state index in [2.05, 4.69) is 5.16 Å². The van der Waals surface area contributed by atoms with Gasteiger partial charge in [-0.25, -0.2) is 0 Å². The topological polar surface area (TPSA) is 78.9 Å². The van der Waals surface area contributed by atoms with Crippen LogP contribution in [0.2, 0.25) is 0 Å². The standard InChI is InChI=1S/C12H19N3O2S/c1-7-5-10(18-9(7)3)12(16)15(4)6-8(2)11(13)14-17/h5,8,17H,6H2,1-4H3,(H2,13,14). The van der Waals surface area contributed by atoms with Crippen molar-refractivity contribution in [2.75, 3.05) is 13.6 Å². The first kappa shape index (κ1) is 14.5. The number of amides is 1. The van der Waals surface area contributed by atoms with Crippen molar-refractivity contribution in [2.24, 2.45) is 16.8 Å².